The topological polar surface area (TPSA) is 75.1 Å². The highest BCUT2D eigenvalue weighted by Gasteiger charge is 2.21. The highest BCUT2D eigenvalue weighted by atomic mass is 35.5. The van der Waals surface area contributed by atoms with Crippen molar-refractivity contribution in [3.63, 3.8) is 0 Å². The molecule has 2 aliphatic heterocycles. The molecular weight excluding hydrogens is 360 g/mol. The Balaban J connectivity index is 0.00000182. The Morgan fingerprint density at radius 2 is 2.36 bits per heavy atom. The number of halogens is 1. The van der Waals surface area contributed by atoms with Crippen LogP contribution in [0.3, 0.4) is 0 Å². The third kappa shape index (κ3) is 4.03. The molecule has 1 saturated heterocycles. The molecule has 2 aliphatic rings. The number of amides is 1. The summed E-state index contributed by atoms with van der Waals surface area (Å²) < 4.78 is 1.91. The van der Waals surface area contributed by atoms with Crippen LogP contribution in [0.5, 0.6) is 0 Å². The van der Waals surface area contributed by atoms with E-state index in [2.05, 4.69) is 32.7 Å². The molecule has 0 aromatic carbocycles. The first-order chi connectivity index (χ1) is 11.7. The van der Waals surface area contributed by atoms with E-state index in [4.69, 9.17) is 0 Å². The van der Waals surface area contributed by atoms with Crippen LogP contribution in [0.4, 0.5) is 5.13 Å². The van der Waals surface area contributed by atoms with E-state index in [0.717, 1.165) is 51.1 Å². The van der Waals surface area contributed by atoms with Crippen molar-refractivity contribution in [3.05, 3.63) is 28.5 Å². The zero-order valence-electron chi connectivity index (χ0n) is 14.2. The molecule has 1 unspecified atom stereocenters. The number of likely N-dealkylation sites (N-methyl/N-ethyl adjacent to an activating group) is 1. The fourth-order valence-corrected chi connectivity index (χ4v) is 4.34. The third-order valence-electron chi connectivity index (χ3n) is 4.63. The average molecular weight is 383 g/mol. The van der Waals surface area contributed by atoms with Crippen molar-refractivity contribution in [1.29, 1.82) is 0 Å². The molecule has 136 valence electrons. The first-order valence-corrected chi connectivity index (χ1v) is 9.25. The molecule has 4 heterocycles. The predicted octanol–water partition coefficient (Wildman–Crippen LogP) is 1.93. The van der Waals surface area contributed by atoms with E-state index >= 15 is 0 Å². The number of carbonyl (C=O) groups is 1. The molecule has 0 spiro atoms. The standard InChI is InChI=1S/C16H22N6OS.ClH/c1-21-7-4-12-14(10-21)24-16(18-12)19-15(23)13-5-8-22(20-13)11-3-2-6-17-9-11;/h5,8,11,17H,2-4,6-7,9-10H2,1H3,(H,18,19,23);1H. The van der Waals surface area contributed by atoms with Crippen molar-refractivity contribution in [2.75, 3.05) is 32.0 Å². The van der Waals surface area contributed by atoms with Crippen molar-refractivity contribution in [1.82, 2.24) is 25.0 Å². The number of nitrogens with one attached hydrogen (secondary N) is 2. The Bertz CT molecular complexity index is 739. The Labute approximate surface area is 157 Å². The molecule has 1 atom stereocenters. The van der Waals surface area contributed by atoms with E-state index < -0.39 is 0 Å². The van der Waals surface area contributed by atoms with Crippen LogP contribution >= 0.6 is 23.7 Å². The van der Waals surface area contributed by atoms with Gasteiger partial charge in [-0.3, -0.25) is 14.8 Å². The first kappa shape index (κ1) is 18.3. The van der Waals surface area contributed by atoms with Crippen LogP contribution in [-0.2, 0) is 13.0 Å². The number of nitrogens with zero attached hydrogens (tertiary/aromatic N) is 4. The fourth-order valence-electron chi connectivity index (χ4n) is 3.26. The maximum Gasteiger partial charge on any atom is 0.277 e. The maximum absolute atomic E-state index is 12.4. The van der Waals surface area contributed by atoms with Gasteiger partial charge in [0, 0.05) is 37.1 Å². The van der Waals surface area contributed by atoms with E-state index in [1.165, 1.54) is 4.88 Å². The second kappa shape index (κ2) is 7.82. The van der Waals surface area contributed by atoms with Crippen LogP contribution < -0.4 is 10.6 Å². The molecule has 2 aromatic rings. The van der Waals surface area contributed by atoms with Crippen molar-refractivity contribution >= 4 is 34.8 Å². The zero-order chi connectivity index (χ0) is 16.5. The molecule has 1 amide bonds. The lowest BCUT2D eigenvalue weighted by Gasteiger charge is -2.22. The van der Waals surface area contributed by atoms with Crippen LogP contribution in [0.25, 0.3) is 0 Å². The van der Waals surface area contributed by atoms with Gasteiger partial charge < -0.3 is 10.2 Å². The number of hydrogen-bond acceptors (Lipinski definition) is 6. The summed E-state index contributed by atoms with van der Waals surface area (Å²) in [6.07, 6.45) is 5.09. The SMILES string of the molecule is CN1CCc2nc(NC(=O)c3ccn(C4CCCNC4)n3)sc2C1.Cl. The lowest BCUT2D eigenvalue weighted by molar-refractivity contribution is 0.102. The molecule has 0 saturated carbocycles. The Morgan fingerprint density at radius 1 is 1.48 bits per heavy atom. The molecule has 9 heteroatoms. The lowest BCUT2D eigenvalue weighted by Crippen LogP contribution is -2.32. The third-order valence-corrected chi connectivity index (χ3v) is 5.63. The van der Waals surface area contributed by atoms with Crippen molar-refractivity contribution < 1.29 is 4.79 Å². The van der Waals surface area contributed by atoms with Gasteiger partial charge >= 0.3 is 0 Å². The Hall–Kier alpha value is -1.48. The van der Waals surface area contributed by atoms with Crippen LogP contribution in [-0.4, -0.2) is 52.3 Å². The van der Waals surface area contributed by atoms with Gasteiger partial charge in [-0.2, -0.15) is 5.10 Å². The number of thiazole rings is 1. The van der Waals surface area contributed by atoms with E-state index in [1.54, 1.807) is 17.4 Å². The summed E-state index contributed by atoms with van der Waals surface area (Å²) in [6, 6.07) is 2.12. The average Bonchev–Trinajstić information content (AvgIpc) is 3.22. The van der Waals surface area contributed by atoms with Gasteiger partial charge in [-0.05, 0) is 32.5 Å². The van der Waals surface area contributed by atoms with Gasteiger partial charge in [0.05, 0.1) is 11.7 Å². The number of aromatic nitrogens is 3. The summed E-state index contributed by atoms with van der Waals surface area (Å²) in [5.41, 5.74) is 1.57. The molecule has 0 bridgehead atoms. The molecule has 2 aromatic heterocycles. The summed E-state index contributed by atoms with van der Waals surface area (Å²) in [7, 11) is 2.10. The maximum atomic E-state index is 12.4. The fraction of sp³-hybridized carbons (Fsp3) is 0.562. The summed E-state index contributed by atoms with van der Waals surface area (Å²) in [6.45, 7) is 3.90. The molecule has 25 heavy (non-hydrogen) atoms. The van der Waals surface area contributed by atoms with Crippen molar-refractivity contribution in [2.24, 2.45) is 0 Å². The monoisotopic (exact) mass is 382 g/mol. The molecular formula is C16H23ClN6OS. The quantitative estimate of drug-likeness (QED) is 0.848. The highest BCUT2D eigenvalue weighted by Crippen LogP contribution is 2.28. The van der Waals surface area contributed by atoms with Gasteiger partial charge in [0.2, 0.25) is 0 Å². The number of rotatable bonds is 3. The summed E-state index contributed by atoms with van der Waals surface area (Å²) in [4.78, 5) is 20.5. The normalized spacial score (nSPS) is 20.6. The first-order valence-electron chi connectivity index (χ1n) is 8.43. The minimum absolute atomic E-state index is 0. The van der Waals surface area contributed by atoms with Crippen LogP contribution in [0.2, 0.25) is 0 Å². The lowest BCUT2D eigenvalue weighted by atomic mass is 10.1. The summed E-state index contributed by atoms with van der Waals surface area (Å²) in [5.74, 6) is -0.183. The number of hydrogen-bond donors (Lipinski definition) is 2. The minimum Gasteiger partial charge on any atom is -0.315 e. The number of carbonyl (C=O) groups excluding carboxylic acids is 1. The summed E-state index contributed by atoms with van der Waals surface area (Å²) >= 11 is 1.57. The van der Waals surface area contributed by atoms with Crippen LogP contribution in [0.15, 0.2) is 12.3 Å². The molecule has 0 radical (unpaired) electrons. The van der Waals surface area contributed by atoms with E-state index in [1.807, 2.05) is 10.9 Å². The van der Waals surface area contributed by atoms with Crippen LogP contribution in [0.1, 0.15) is 39.9 Å². The van der Waals surface area contributed by atoms with Crippen LogP contribution in [0, 0.1) is 0 Å². The minimum atomic E-state index is -0.183. The molecule has 7 nitrogen and oxygen atoms in total. The second-order valence-electron chi connectivity index (χ2n) is 6.51. The second-order valence-corrected chi connectivity index (χ2v) is 7.60. The number of piperidine rings is 1. The Morgan fingerprint density at radius 3 is 3.16 bits per heavy atom. The Kier molecular flexibility index (Phi) is 5.73. The molecule has 4 rings (SSSR count). The van der Waals surface area contributed by atoms with Crippen molar-refractivity contribution in [3.8, 4) is 0 Å². The molecule has 1 fully saturated rings. The van der Waals surface area contributed by atoms with E-state index in [-0.39, 0.29) is 18.3 Å². The van der Waals surface area contributed by atoms with Gasteiger partial charge in [0.15, 0.2) is 10.8 Å². The summed E-state index contributed by atoms with van der Waals surface area (Å²) in [5, 5.41) is 11.4. The van der Waals surface area contributed by atoms with Gasteiger partial charge in [-0.15, -0.1) is 23.7 Å². The molecule has 0 aliphatic carbocycles. The number of fused-ring (bicyclic) bond motifs is 1. The van der Waals surface area contributed by atoms with Gasteiger partial charge in [0.25, 0.3) is 5.91 Å². The molecule has 2 N–H and O–H groups in total. The number of anilines is 1. The van der Waals surface area contributed by atoms with E-state index in [9.17, 15) is 4.79 Å². The largest absolute Gasteiger partial charge is 0.315 e. The predicted molar refractivity (Wildman–Crippen MR) is 101 cm³/mol. The van der Waals surface area contributed by atoms with E-state index in [0.29, 0.717) is 16.9 Å². The smallest absolute Gasteiger partial charge is 0.277 e. The van der Waals surface area contributed by atoms with Gasteiger partial charge in [-0.1, -0.05) is 0 Å². The highest BCUT2D eigenvalue weighted by molar-refractivity contribution is 7.15. The van der Waals surface area contributed by atoms with Gasteiger partial charge in [0.1, 0.15) is 0 Å². The van der Waals surface area contributed by atoms with Crippen molar-refractivity contribution in [2.45, 2.75) is 31.8 Å². The zero-order valence-corrected chi connectivity index (χ0v) is 15.8. The van der Waals surface area contributed by atoms with Gasteiger partial charge in [-0.25, -0.2) is 4.98 Å².